The molecule has 0 atom stereocenters. The van der Waals surface area contributed by atoms with Crippen molar-refractivity contribution in [1.82, 2.24) is 15.5 Å². The van der Waals surface area contributed by atoms with Gasteiger partial charge in [0.25, 0.3) is 0 Å². The monoisotopic (exact) mass is 199 g/mol. The Morgan fingerprint density at radius 1 is 1.47 bits per heavy atom. The minimum Gasteiger partial charge on any atom is -0.319 e. The van der Waals surface area contributed by atoms with Crippen molar-refractivity contribution in [3.63, 3.8) is 0 Å². The van der Waals surface area contributed by atoms with E-state index in [2.05, 4.69) is 27.4 Å². The predicted molar refractivity (Wildman–Crippen MR) is 61.5 cm³/mol. The fourth-order valence-corrected chi connectivity index (χ4v) is 1.42. The second-order valence-electron chi connectivity index (χ2n) is 3.30. The van der Waals surface area contributed by atoms with E-state index in [-0.39, 0.29) is 0 Å². The zero-order valence-electron chi connectivity index (χ0n) is 8.67. The van der Waals surface area contributed by atoms with Gasteiger partial charge in [0, 0.05) is 18.4 Å². The third-order valence-electron chi connectivity index (χ3n) is 2.20. The van der Waals surface area contributed by atoms with Crippen molar-refractivity contribution in [2.75, 3.05) is 13.6 Å². The van der Waals surface area contributed by atoms with Gasteiger partial charge in [0.1, 0.15) is 0 Å². The number of hydrogen-bond donors (Lipinski definition) is 2. The standard InChI is InChI=1S/C12H13N3/c1-13-8-3-2-5-10-6-4-7-11-9-14-15-12(10)11/h4,6-7,9,13H,3,8H2,1H3,(H,14,15). The van der Waals surface area contributed by atoms with Crippen LogP contribution in [0, 0.1) is 11.8 Å². The summed E-state index contributed by atoms with van der Waals surface area (Å²) in [5.74, 6) is 6.27. The number of H-pyrrole nitrogens is 1. The van der Waals surface area contributed by atoms with Crippen LogP contribution in [0.25, 0.3) is 10.9 Å². The van der Waals surface area contributed by atoms with Crippen LogP contribution in [-0.2, 0) is 0 Å². The van der Waals surface area contributed by atoms with Crippen LogP contribution in [0.5, 0.6) is 0 Å². The number of nitrogens with one attached hydrogen (secondary N) is 2. The Labute approximate surface area is 88.9 Å². The maximum absolute atomic E-state index is 4.00. The highest BCUT2D eigenvalue weighted by Crippen LogP contribution is 2.13. The Hall–Kier alpha value is -1.79. The van der Waals surface area contributed by atoms with Crippen LogP contribution in [-0.4, -0.2) is 23.8 Å². The molecule has 0 aliphatic rings. The lowest BCUT2D eigenvalue weighted by Gasteiger charge is -1.92. The molecule has 3 heteroatoms. The predicted octanol–water partition coefficient (Wildman–Crippen LogP) is 1.52. The molecule has 15 heavy (non-hydrogen) atoms. The molecule has 0 aliphatic heterocycles. The summed E-state index contributed by atoms with van der Waals surface area (Å²) in [5, 5.41) is 11.1. The summed E-state index contributed by atoms with van der Waals surface area (Å²) in [7, 11) is 1.93. The first kappa shape index (κ1) is 9.75. The number of nitrogens with zero attached hydrogens (tertiary/aromatic N) is 1. The number of hydrogen-bond acceptors (Lipinski definition) is 2. The lowest BCUT2D eigenvalue weighted by molar-refractivity contribution is 0.818. The van der Waals surface area contributed by atoms with Crippen molar-refractivity contribution in [2.45, 2.75) is 6.42 Å². The van der Waals surface area contributed by atoms with Crippen molar-refractivity contribution >= 4 is 10.9 Å². The first-order valence-corrected chi connectivity index (χ1v) is 4.97. The van der Waals surface area contributed by atoms with Crippen LogP contribution in [0.4, 0.5) is 0 Å². The Balaban J connectivity index is 2.26. The van der Waals surface area contributed by atoms with E-state index in [1.54, 1.807) is 0 Å². The van der Waals surface area contributed by atoms with E-state index in [1.165, 1.54) is 0 Å². The molecule has 0 saturated heterocycles. The fourth-order valence-electron chi connectivity index (χ4n) is 1.42. The quantitative estimate of drug-likeness (QED) is 0.568. The molecule has 2 N–H and O–H groups in total. The molecule has 0 unspecified atom stereocenters. The average molecular weight is 199 g/mol. The normalized spacial score (nSPS) is 9.93. The molecule has 76 valence electrons. The maximum atomic E-state index is 4.00. The molecule has 0 bridgehead atoms. The largest absolute Gasteiger partial charge is 0.319 e. The highest BCUT2D eigenvalue weighted by atomic mass is 15.1. The van der Waals surface area contributed by atoms with E-state index >= 15 is 0 Å². The molecule has 0 fully saturated rings. The van der Waals surface area contributed by atoms with E-state index in [1.807, 2.05) is 31.4 Å². The first-order valence-electron chi connectivity index (χ1n) is 4.97. The molecule has 0 radical (unpaired) electrons. The van der Waals surface area contributed by atoms with Crippen molar-refractivity contribution in [3.05, 3.63) is 30.0 Å². The summed E-state index contributed by atoms with van der Waals surface area (Å²) in [5.41, 5.74) is 2.04. The highest BCUT2D eigenvalue weighted by molar-refractivity contribution is 5.83. The van der Waals surface area contributed by atoms with Gasteiger partial charge in [-0.15, -0.1) is 0 Å². The van der Waals surface area contributed by atoms with Crippen LogP contribution in [0.3, 0.4) is 0 Å². The van der Waals surface area contributed by atoms with Gasteiger partial charge >= 0.3 is 0 Å². The molecular weight excluding hydrogens is 186 g/mol. The second-order valence-corrected chi connectivity index (χ2v) is 3.30. The molecule has 1 aromatic heterocycles. The van der Waals surface area contributed by atoms with Crippen molar-refractivity contribution in [2.24, 2.45) is 0 Å². The molecule has 0 spiro atoms. The molecule has 2 aromatic rings. The Kier molecular flexibility index (Phi) is 3.01. The molecule has 1 heterocycles. The topological polar surface area (TPSA) is 40.7 Å². The maximum Gasteiger partial charge on any atom is 0.0806 e. The minimum absolute atomic E-state index is 0.862. The van der Waals surface area contributed by atoms with Gasteiger partial charge in [-0.25, -0.2) is 0 Å². The first-order chi connectivity index (χ1) is 7.42. The fraction of sp³-hybridized carbons (Fsp3) is 0.250. The third kappa shape index (κ3) is 2.17. The zero-order chi connectivity index (χ0) is 10.5. The summed E-state index contributed by atoms with van der Waals surface area (Å²) < 4.78 is 0. The van der Waals surface area contributed by atoms with Crippen molar-refractivity contribution in [3.8, 4) is 11.8 Å². The van der Waals surface area contributed by atoms with Crippen LogP contribution in [0.2, 0.25) is 0 Å². The Bertz CT molecular complexity index is 502. The van der Waals surface area contributed by atoms with E-state index in [4.69, 9.17) is 0 Å². The van der Waals surface area contributed by atoms with Gasteiger partial charge in [-0.2, -0.15) is 5.10 Å². The van der Waals surface area contributed by atoms with Crippen LogP contribution in [0.15, 0.2) is 24.4 Å². The smallest absolute Gasteiger partial charge is 0.0806 e. The molecule has 3 nitrogen and oxygen atoms in total. The summed E-state index contributed by atoms with van der Waals surface area (Å²) >= 11 is 0. The van der Waals surface area contributed by atoms with E-state index in [0.717, 1.165) is 29.4 Å². The Morgan fingerprint density at radius 2 is 2.40 bits per heavy atom. The van der Waals surface area contributed by atoms with Crippen LogP contribution < -0.4 is 5.32 Å². The van der Waals surface area contributed by atoms with E-state index in [9.17, 15) is 0 Å². The van der Waals surface area contributed by atoms with E-state index < -0.39 is 0 Å². The zero-order valence-corrected chi connectivity index (χ0v) is 8.67. The number of fused-ring (bicyclic) bond motifs is 1. The van der Waals surface area contributed by atoms with Gasteiger partial charge < -0.3 is 5.32 Å². The highest BCUT2D eigenvalue weighted by Gasteiger charge is 1.98. The van der Waals surface area contributed by atoms with Gasteiger partial charge in [-0.3, -0.25) is 5.10 Å². The van der Waals surface area contributed by atoms with Gasteiger partial charge in [0.05, 0.1) is 17.3 Å². The summed E-state index contributed by atoms with van der Waals surface area (Å²) in [6, 6.07) is 6.03. The number of aromatic nitrogens is 2. The molecule has 0 aliphatic carbocycles. The lowest BCUT2D eigenvalue weighted by atomic mass is 10.1. The minimum atomic E-state index is 0.862. The van der Waals surface area contributed by atoms with Gasteiger partial charge in [0.15, 0.2) is 0 Å². The lowest BCUT2D eigenvalue weighted by Crippen LogP contribution is -2.05. The Morgan fingerprint density at radius 3 is 3.27 bits per heavy atom. The van der Waals surface area contributed by atoms with Gasteiger partial charge in [0.2, 0.25) is 0 Å². The summed E-state index contributed by atoms with van der Waals surface area (Å²) in [6.45, 7) is 0.923. The number of aromatic amines is 1. The number of benzene rings is 1. The second kappa shape index (κ2) is 4.63. The number of para-hydroxylation sites is 1. The molecule has 2 rings (SSSR count). The van der Waals surface area contributed by atoms with E-state index in [0.29, 0.717) is 0 Å². The number of rotatable bonds is 2. The third-order valence-corrected chi connectivity index (χ3v) is 2.20. The van der Waals surface area contributed by atoms with Gasteiger partial charge in [-0.1, -0.05) is 24.0 Å². The molecule has 0 amide bonds. The van der Waals surface area contributed by atoms with Crippen molar-refractivity contribution < 1.29 is 0 Å². The average Bonchev–Trinajstić information content (AvgIpc) is 2.73. The summed E-state index contributed by atoms with van der Waals surface area (Å²) in [6.07, 6.45) is 2.68. The summed E-state index contributed by atoms with van der Waals surface area (Å²) in [4.78, 5) is 0. The van der Waals surface area contributed by atoms with Gasteiger partial charge in [-0.05, 0) is 13.1 Å². The van der Waals surface area contributed by atoms with Crippen LogP contribution >= 0.6 is 0 Å². The van der Waals surface area contributed by atoms with Crippen LogP contribution in [0.1, 0.15) is 12.0 Å². The molecule has 1 aromatic carbocycles. The molecule has 0 saturated carbocycles. The molecular formula is C12H13N3. The SMILES string of the molecule is CNCCC#Cc1cccc2cn[nH]c12. The van der Waals surface area contributed by atoms with Crippen molar-refractivity contribution in [1.29, 1.82) is 0 Å².